The van der Waals surface area contributed by atoms with Gasteiger partial charge in [0.05, 0.1) is 0 Å². The predicted octanol–water partition coefficient (Wildman–Crippen LogP) is 2.40. The first-order chi connectivity index (χ1) is 11.2. The van der Waals surface area contributed by atoms with Crippen LogP contribution in [-0.2, 0) is 0 Å². The van der Waals surface area contributed by atoms with Crippen LogP contribution in [0.3, 0.4) is 0 Å². The Morgan fingerprint density at radius 2 is 1.33 bits per heavy atom. The van der Waals surface area contributed by atoms with Gasteiger partial charge in [-0.2, -0.15) is 0 Å². The Morgan fingerprint density at radius 3 is 1.71 bits per heavy atom. The number of nitrogens with one attached hydrogen (secondary N) is 1. The third-order valence-corrected chi connectivity index (χ3v) is 3.49. The quantitative estimate of drug-likeness (QED) is 0.805. The lowest BCUT2D eigenvalue weighted by molar-refractivity contribution is 0.0918. The largest absolute Gasteiger partial charge is 0.384 e. The van der Waals surface area contributed by atoms with Crippen LogP contribution in [0.15, 0.2) is 48.5 Å². The van der Waals surface area contributed by atoms with Crippen LogP contribution in [0.1, 0.15) is 58.7 Å². The molecule has 2 amide bonds. The normalized spacial score (nSPS) is 12.5. The zero-order valence-corrected chi connectivity index (χ0v) is 14.0. The zero-order valence-electron chi connectivity index (χ0n) is 14.0. The monoisotopic (exact) mass is 326 g/mol. The topological polar surface area (TPSA) is 92.4 Å². The van der Waals surface area contributed by atoms with Crippen molar-refractivity contribution in [3.63, 3.8) is 0 Å². The average Bonchev–Trinajstić information content (AvgIpc) is 2.53. The summed E-state index contributed by atoms with van der Waals surface area (Å²) in [7, 11) is 0. The maximum absolute atomic E-state index is 12.1. The minimum Gasteiger partial charge on any atom is -0.384 e. The van der Waals surface area contributed by atoms with E-state index >= 15 is 0 Å². The lowest BCUT2D eigenvalue weighted by Gasteiger charge is -2.20. The van der Waals surface area contributed by atoms with E-state index in [1.807, 2.05) is 20.8 Å². The average molecular weight is 326 g/mol. The third-order valence-electron chi connectivity index (χ3n) is 3.49. The van der Waals surface area contributed by atoms with Crippen molar-refractivity contribution in [1.82, 2.24) is 5.32 Å². The molecule has 4 N–H and O–H groups in total. The molecule has 5 heteroatoms. The summed E-state index contributed by atoms with van der Waals surface area (Å²) in [5.74, 6) is -0.667. The van der Waals surface area contributed by atoms with Gasteiger partial charge in [0.25, 0.3) is 5.91 Å². The van der Waals surface area contributed by atoms with Gasteiger partial charge in [-0.15, -0.1) is 0 Å². The standard InChI is InChI=1S/C19H22N2O3/c1-19(2,3)21-18(24)15-10-6-13(7-11-15)16(22)12-4-8-14(9-5-12)17(20)23/h4-11,16,22H,1-3H3,(H2,20,23)(H,21,24). The molecule has 1 unspecified atom stereocenters. The summed E-state index contributed by atoms with van der Waals surface area (Å²) in [5.41, 5.74) is 7.12. The number of rotatable bonds is 4. The lowest BCUT2D eigenvalue weighted by Crippen LogP contribution is -2.40. The Balaban J connectivity index is 2.15. The number of hydrogen-bond donors (Lipinski definition) is 3. The lowest BCUT2D eigenvalue weighted by atomic mass is 9.99. The van der Waals surface area contributed by atoms with E-state index in [1.54, 1.807) is 48.5 Å². The second-order valence-electron chi connectivity index (χ2n) is 6.71. The van der Waals surface area contributed by atoms with E-state index in [9.17, 15) is 14.7 Å². The Morgan fingerprint density at radius 1 is 0.917 bits per heavy atom. The van der Waals surface area contributed by atoms with Gasteiger partial charge in [0.1, 0.15) is 6.10 Å². The van der Waals surface area contributed by atoms with Crippen molar-refractivity contribution in [1.29, 1.82) is 0 Å². The van der Waals surface area contributed by atoms with E-state index in [0.29, 0.717) is 22.3 Å². The van der Waals surface area contributed by atoms with Crippen LogP contribution in [-0.4, -0.2) is 22.5 Å². The van der Waals surface area contributed by atoms with Gasteiger partial charge in [-0.25, -0.2) is 0 Å². The predicted molar refractivity (Wildman–Crippen MR) is 92.7 cm³/mol. The van der Waals surface area contributed by atoms with Gasteiger partial charge >= 0.3 is 0 Å². The molecule has 2 aromatic rings. The molecule has 1 atom stereocenters. The summed E-state index contributed by atoms with van der Waals surface area (Å²) in [6.45, 7) is 5.75. The maximum atomic E-state index is 12.1. The fourth-order valence-electron chi connectivity index (χ4n) is 2.25. The van der Waals surface area contributed by atoms with Gasteiger partial charge in [-0.3, -0.25) is 9.59 Å². The molecule has 0 saturated heterocycles. The summed E-state index contributed by atoms with van der Waals surface area (Å²) in [4.78, 5) is 23.2. The van der Waals surface area contributed by atoms with Crippen molar-refractivity contribution in [2.75, 3.05) is 0 Å². The highest BCUT2D eigenvalue weighted by Crippen LogP contribution is 2.22. The van der Waals surface area contributed by atoms with E-state index in [-0.39, 0.29) is 11.4 Å². The highest BCUT2D eigenvalue weighted by molar-refractivity contribution is 5.94. The molecule has 0 saturated carbocycles. The van der Waals surface area contributed by atoms with E-state index in [2.05, 4.69) is 5.32 Å². The number of aliphatic hydroxyl groups excluding tert-OH is 1. The number of carbonyl (C=O) groups excluding carboxylic acids is 2. The van der Waals surface area contributed by atoms with Crippen molar-refractivity contribution < 1.29 is 14.7 Å². The molecule has 0 aliphatic rings. The molecule has 0 aliphatic carbocycles. The zero-order chi connectivity index (χ0) is 17.9. The fourth-order valence-corrected chi connectivity index (χ4v) is 2.25. The number of aliphatic hydroxyl groups is 1. The number of carbonyl (C=O) groups is 2. The van der Waals surface area contributed by atoms with E-state index in [1.165, 1.54) is 0 Å². The molecule has 0 radical (unpaired) electrons. The van der Waals surface area contributed by atoms with Gasteiger partial charge in [0, 0.05) is 16.7 Å². The van der Waals surface area contributed by atoms with Gasteiger partial charge in [0.15, 0.2) is 0 Å². The van der Waals surface area contributed by atoms with E-state index in [0.717, 1.165) is 0 Å². The molecular formula is C19H22N2O3. The number of benzene rings is 2. The van der Waals surface area contributed by atoms with Crippen molar-refractivity contribution in [2.45, 2.75) is 32.4 Å². The van der Waals surface area contributed by atoms with Gasteiger partial charge in [0.2, 0.25) is 5.91 Å². The molecule has 0 bridgehead atoms. The van der Waals surface area contributed by atoms with Crippen molar-refractivity contribution in [3.8, 4) is 0 Å². The molecule has 0 heterocycles. The van der Waals surface area contributed by atoms with Crippen LogP contribution in [0, 0.1) is 0 Å². The second-order valence-corrected chi connectivity index (χ2v) is 6.71. The molecule has 0 aromatic heterocycles. The number of primary amides is 1. The Kier molecular flexibility index (Phi) is 5.04. The first-order valence-corrected chi connectivity index (χ1v) is 7.68. The number of hydrogen-bond acceptors (Lipinski definition) is 3. The number of amides is 2. The van der Waals surface area contributed by atoms with Crippen LogP contribution in [0.25, 0.3) is 0 Å². The molecule has 5 nitrogen and oxygen atoms in total. The molecule has 2 rings (SSSR count). The van der Waals surface area contributed by atoms with Gasteiger partial charge in [-0.1, -0.05) is 24.3 Å². The molecule has 24 heavy (non-hydrogen) atoms. The molecular weight excluding hydrogens is 304 g/mol. The highest BCUT2D eigenvalue weighted by Gasteiger charge is 2.16. The molecule has 0 fully saturated rings. The first-order valence-electron chi connectivity index (χ1n) is 7.68. The van der Waals surface area contributed by atoms with Crippen LogP contribution < -0.4 is 11.1 Å². The highest BCUT2D eigenvalue weighted by atomic mass is 16.3. The minimum absolute atomic E-state index is 0.158. The van der Waals surface area contributed by atoms with Crippen LogP contribution in [0.5, 0.6) is 0 Å². The van der Waals surface area contributed by atoms with Crippen molar-refractivity contribution in [3.05, 3.63) is 70.8 Å². The second kappa shape index (κ2) is 6.84. The summed E-state index contributed by atoms with van der Waals surface area (Å²) in [6, 6.07) is 13.2. The van der Waals surface area contributed by atoms with Crippen molar-refractivity contribution in [2.24, 2.45) is 5.73 Å². The summed E-state index contributed by atoms with van der Waals surface area (Å²) in [5, 5.41) is 13.3. The summed E-state index contributed by atoms with van der Waals surface area (Å²) < 4.78 is 0. The summed E-state index contributed by atoms with van der Waals surface area (Å²) >= 11 is 0. The van der Waals surface area contributed by atoms with Crippen molar-refractivity contribution >= 4 is 11.8 Å². The van der Waals surface area contributed by atoms with E-state index in [4.69, 9.17) is 5.73 Å². The molecule has 0 spiro atoms. The molecule has 126 valence electrons. The van der Waals surface area contributed by atoms with Gasteiger partial charge in [-0.05, 0) is 56.2 Å². The van der Waals surface area contributed by atoms with E-state index < -0.39 is 12.0 Å². The molecule has 2 aromatic carbocycles. The minimum atomic E-state index is -0.841. The SMILES string of the molecule is CC(C)(C)NC(=O)c1ccc(C(O)c2ccc(C(N)=O)cc2)cc1. The first kappa shape index (κ1) is 17.7. The van der Waals surface area contributed by atoms with Gasteiger partial charge < -0.3 is 16.2 Å². The fraction of sp³-hybridized carbons (Fsp3) is 0.263. The van der Waals surface area contributed by atoms with Crippen LogP contribution in [0.4, 0.5) is 0 Å². The molecule has 0 aliphatic heterocycles. The van der Waals surface area contributed by atoms with Crippen LogP contribution >= 0.6 is 0 Å². The summed E-state index contributed by atoms with van der Waals surface area (Å²) in [6.07, 6.45) is -0.841. The maximum Gasteiger partial charge on any atom is 0.251 e. The number of nitrogens with two attached hydrogens (primary N) is 1. The Labute approximate surface area is 141 Å². The van der Waals surface area contributed by atoms with Crippen LogP contribution in [0.2, 0.25) is 0 Å². The Bertz CT molecular complexity index is 729. The third kappa shape index (κ3) is 4.43. The Hall–Kier alpha value is -2.66. The smallest absolute Gasteiger partial charge is 0.251 e.